The van der Waals surface area contributed by atoms with Crippen LogP contribution in [0.3, 0.4) is 0 Å². The Balaban J connectivity index is 1.46. The van der Waals surface area contributed by atoms with Gasteiger partial charge in [0.1, 0.15) is 0 Å². The number of nitrogens with one attached hydrogen (secondary N) is 2. The van der Waals surface area contributed by atoms with E-state index in [1.54, 1.807) is 0 Å². The second-order valence-electron chi connectivity index (χ2n) is 6.29. The van der Waals surface area contributed by atoms with Crippen LogP contribution in [0.2, 0.25) is 5.02 Å². The number of carbonyl (C=O) groups excluding carboxylic acids is 1. The molecule has 1 atom stereocenters. The third kappa shape index (κ3) is 4.00. The number of amides is 1. The maximum Gasteiger partial charge on any atom is 0.237 e. The minimum atomic E-state index is 0.00821. The zero-order valence-corrected chi connectivity index (χ0v) is 13.6. The number of carbonyl (C=O) groups is 1. The Kier molecular flexibility index (Phi) is 5.34. The normalized spacial score (nSPS) is 24.2. The molecule has 120 valence electrons. The average molecular weight is 322 g/mol. The lowest BCUT2D eigenvalue weighted by molar-refractivity contribution is -0.124. The number of rotatable bonds is 4. The summed E-state index contributed by atoms with van der Waals surface area (Å²) >= 11 is 6.23. The zero-order valence-electron chi connectivity index (χ0n) is 12.9. The van der Waals surface area contributed by atoms with Gasteiger partial charge in [-0.25, -0.2) is 0 Å². The summed E-state index contributed by atoms with van der Waals surface area (Å²) in [6, 6.07) is 8.52. The first-order valence-electron chi connectivity index (χ1n) is 8.22. The quantitative estimate of drug-likeness (QED) is 0.893. The van der Waals surface area contributed by atoms with Gasteiger partial charge in [0.2, 0.25) is 5.91 Å². The van der Waals surface area contributed by atoms with Crippen molar-refractivity contribution in [2.24, 2.45) is 0 Å². The van der Waals surface area contributed by atoms with E-state index in [4.69, 9.17) is 11.6 Å². The number of hydrogen-bond acceptors (Lipinski definition) is 3. The third-order valence-electron chi connectivity index (χ3n) is 4.66. The molecule has 2 N–H and O–H groups in total. The molecule has 0 aliphatic carbocycles. The summed E-state index contributed by atoms with van der Waals surface area (Å²) < 4.78 is 0. The SMILES string of the molecule is O=C1NCCCC1NC1CCN(Cc2ccccc2Cl)CC1. The predicted molar refractivity (Wildman–Crippen MR) is 88.9 cm³/mol. The molecule has 2 aliphatic heterocycles. The fraction of sp³-hybridized carbons (Fsp3) is 0.588. The van der Waals surface area contributed by atoms with Crippen LogP contribution in [-0.2, 0) is 11.3 Å². The minimum Gasteiger partial charge on any atom is -0.355 e. The van der Waals surface area contributed by atoms with Crippen LogP contribution in [0.15, 0.2) is 24.3 Å². The summed E-state index contributed by atoms with van der Waals surface area (Å²) in [6.07, 6.45) is 4.23. The van der Waals surface area contributed by atoms with E-state index in [0.29, 0.717) is 6.04 Å². The van der Waals surface area contributed by atoms with Gasteiger partial charge in [-0.1, -0.05) is 29.8 Å². The van der Waals surface area contributed by atoms with Crippen LogP contribution < -0.4 is 10.6 Å². The van der Waals surface area contributed by atoms with Crippen molar-refractivity contribution in [1.82, 2.24) is 15.5 Å². The Labute approximate surface area is 137 Å². The summed E-state index contributed by atoms with van der Waals surface area (Å²) in [7, 11) is 0. The highest BCUT2D eigenvalue weighted by Gasteiger charge is 2.27. The molecule has 1 aromatic rings. The molecule has 0 bridgehead atoms. The van der Waals surface area contributed by atoms with Crippen LogP contribution in [0, 0.1) is 0 Å². The lowest BCUT2D eigenvalue weighted by atomic mass is 10.00. The number of piperidine rings is 2. The van der Waals surface area contributed by atoms with Crippen LogP contribution >= 0.6 is 11.6 Å². The van der Waals surface area contributed by atoms with Crippen LogP contribution in [0.25, 0.3) is 0 Å². The average Bonchev–Trinajstić information content (AvgIpc) is 2.54. The Bertz CT molecular complexity index is 514. The summed E-state index contributed by atoms with van der Waals surface area (Å²) in [5.41, 5.74) is 1.20. The van der Waals surface area contributed by atoms with Crippen LogP contribution in [0.4, 0.5) is 0 Å². The number of halogens is 1. The molecule has 0 spiro atoms. The standard InChI is InChI=1S/C17H24ClN3O/c18-15-5-2-1-4-13(15)12-21-10-7-14(8-11-21)20-16-6-3-9-19-17(16)22/h1-2,4-5,14,16,20H,3,6-12H2,(H,19,22). The first-order valence-corrected chi connectivity index (χ1v) is 8.59. The van der Waals surface area contributed by atoms with E-state index < -0.39 is 0 Å². The smallest absolute Gasteiger partial charge is 0.237 e. The first-order chi connectivity index (χ1) is 10.7. The zero-order chi connectivity index (χ0) is 15.4. The second-order valence-corrected chi connectivity index (χ2v) is 6.70. The van der Waals surface area contributed by atoms with Crippen molar-refractivity contribution in [3.63, 3.8) is 0 Å². The van der Waals surface area contributed by atoms with Gasteiger partial charge in [-0.2, -0.15) is 0 Å². The van der Waals surface area contributed by atoms with Gasteiger partial charge in [-0.15, -0.1) is 0 Å². The van der Waals surface area contributed by atoms with Crippen molar-refractivity contribution in [3.8, 4) is 0 Å². The number of likely N-dealkylation sites (tertiary alicyclic amines) is 1. The number of benzene rings is 1. The van der Waals surface area contributed by atoms with E-state index in [2.05, 4.69) is 21.6 Å². The van der Waals surface area contributed by atoms with E-state index in [0.717, 1.165) is 56.9 Å². The largest absolute Gasteiger partial charge is 0.355 e. The van der Waals surface area contributed by atoms with Crippen molar-refractivity contribution < 1.29 is 4.79 Å². The third-order valence-corrected chi connectivity index (χ3v) is 5.03. The summed E-state index contributed by atoms with van der Waals surface area (Å²) in [6.45, 7) is 3.85. The summed E-state index contributed by atoms with van der Waals surface area (Å²) in [5, 5.41) is 7.33. The predicted octanol–water partition coefficient (Wildman–Crippen LogP) is 2.17. The van der Waals surface area contributed by atoms with Gasteiger partial charge in [-0.05, 0) is 50.4 Å². The molecule has 22 heavy (non-hydrogen) atoms. The van der Waals surface area contributed by atoms with Crippen LogP contribution in [0.5, 0.6) is 0 Å². The van der Waals surface area contributed by atoms with E-state index in [1.165, 1.54) is 5.56 Å². The topological polar surface area (TPSA) is 44.4 Å². The van der Waals surface area contributed by atoms with Crippen molar-refractivity contribution in [3.05, 3.63) is 34.9 Å². The molecule has 4 nitrogen and oxygen atoms in total. The molecule has 5 heteroatoms. The van der Waals surface area contributed by atoms with E-state index >= 15 is 0 Å². The number of hydrogen-bond donors (Lipinski definition) is 2. The van der Waals surface area contributed by atoms with E-state index in [1.807, 2.05) is 18.2 Å². The molecule has 1 aromatic carbocycles. The maximum absolute atomic E-state index is 11.8. The highest BCUT2D eigenvalue weighted by molar-refractivity contribution is 6.31. The van der Waals surface area contributed by atoms with Crippen molar-refractivity contribution in [2.45, 2.75) is 44.3 Å². The van der Waals surface area contributed by atoms with E-state index in [9.17, 15) is 4.79 Å². The fourth-order valence-electron chi connectivity index (χ4n) is 3.34. The Morgan fingerprint density at radius 3 is 2.73 bits per heavy atom. The lowest BCUT2D eigenvalue weighted by Crippen LogP contribution is -2.53. The van der Waals surface area contributed by atoms with Gasteiger partial charge in [0.15, 0.2) is 0 Å². The van der Waals surface area contributed by atoms with Crippen molar-refractivity contribution >= 4 is 17.5 Å². The van der Waals surface area contributed by atoms with Crippen LogP contribution in [0.1, 0.15) is 31.2 Å². The van der Waals surface area contributed by atoms with Gasteiger partial charge in [0, 0.05) is 24.2 Å². The molecule has 3 rings (SSSR count). The highest BCUT2D eigenvalue weighted by atomic mass is 35.5. The Morgan fingerprint density at radius 1 is 1.23 bits per heavy atom. The fourth-order valence-corrected chi connectivity index (χ4v) is 3.54. The van der Waals surface area contributed by atoms with Gasteiger partial charge in [0.25, 0.3) is 0 Å². The summed E-state index contributed by atoms with van der Waals surface area (Å²) in [5.74, 6) is 0.171. The van der Waals surface area contributed by atoms with Gasteiger partial charge >= 0.3 is 0 Å². The molecular weight excluding hydrogens is 298 g/mol. The maximum atomic E-state index is 11.8. The van der Waals surface area contributed by atoms with Crippen molar-refractivity contribution in [1.29, 1.82) is 0 Å². The monoisotopic (exact) mass is 321 g/mol. The molecule has 1 unspecified atom stereocenters. The molecule has 2 heterocycles. The Hall–Kier alpha value is -1.10. The summed E-state index contributed by atoms with van der Waals surface area (Å²) in [4.78, 5) is 14.3. The van der Waals surface area contributed by atoms with Gasteiger partial charge in [-0.3, -0.25) is 9.69 Å². The van der Waals surface area contributed by atoms with Crippen molar-refractivity contribution in [2.75, 3.05) is 19.6 Å². The Morgan fingerprint density at radius 2 is 2.00 bits per heavy atom. The minimum absolute atomic E-state index is 0.00821. The first kappa shape index (κ1) is 15.8. The number of nitrogens with zero attached hydrogens (tertiary/aromatic N) is 1. The molecule has 2 aliphatic rings. The van der Waals surface area contributed by atoms with E-state index in [-0.39, 0.29) is 11.9 Å². The van der Waals surface area contributed by atoms with Gasteiger partial charge < -0.3 is 10.6 Å². The highest BCUT2D eigenvalue weighted by Crippen LogP contribution is 2.20. The molecule has 1 amide bonds. The molecule has 0 saturated carbocycles. The second kappa shape index (κ2) is 7.44. The molecule has 0 radical (unpaired) electrons. The molecule has 2 fully saturated rings. The lowest BCUT2D eigenvalue weighted by Gasteiger charge is -2.35. The van der Waals surface area contributed by atoms with Crippen LogP contribution in [-0.4, -0.2) is 42.5 Å². The molecule has 2 saturated heterocycles. The molecular formula is C17H24ClN3O. The molecule has 0 aromatic heterocycles. The van der Waals surface area contributed by atoms with Gasteiger partial charge in [0.05, 0.1) is 6.04 Å².